The van der Waals surface area contributed by atoms with E-state index in [0.717, 1.165) is 32.1 Å². The Morgan fingerprint density at radius 1 is 1.14 bits per heavy atom. The summed E-state index contributed by atoms with van der Waals surface area (Å²) in [6.07, 6.45) is 5.84. The van der Waals surface area contributed by atoms with Crippen LogP contribution in [0, 0.1) is 5.92 Å². The van der Waals surface area contributed by atoms with Crippen LogP contribution in [0.4, 0.5) is 5.69 Å². The molecule has 3 rings (SSSR count). The SMILES string of the molecule is COC1CCC(CCNC(=O)c2sccc2NC(=O)c2ccccc2Cl)CC1. The summed E-state index contributed by atoms with van der Waals surface area (Å²) in [6.45, 7) is 0.636. The van der Waals surface area contributed by atoms with Gasteiger partial charge in [0.05, 0.1) is 22.4 Å². The molecule has 1 fully saturated rings. The number of amides is 2. The van der Waals surface area contributed by atoms with E-state index < -0.39 is 0 Å². The summed E-state index contributed by atoms with van der Waals surface area (Å²) in [5.41, 5.74) is 0.890. The maximum Gasteiger partial charge on any atom is 0.263 e. The van der Waals surface area contributed by atoms with E-state index in [4.69, 9.17) is 16.3 Å². The first-order chi connectivity index (χ1) is 13.6. The average Bonchev–Trinajstić information content (AvgIpc) is 3.17. The second-order valence-electron chi connectivity index (χ2n) is 7.02. The second-order valence-corrected chi connectivity index (χ2v) is 8.34. The maximum absolute atomic E-state index is 12.6. The molecule has 2 amide bonds. The zero-order valence-electron chi connectivity index (χ0n) is 15.9. The molecule has 1 aliphatic rings. The summed E-state index contributed by atoms with van der Waals surface area (Å²) >= 11 is 7.39. The van der Waals surface area contributed by atoms with Crippen molar-refractivity contribution in [2.45, 2.75) is 38.2 Å². The van der Waals surface area contributed by atoms with Gasteiger partial charge in [-0.3, -0.25) is 9.59 Å². The zero-order chi connectivity index (χ0) is 19.9. The normalized spacial score (nSPS) is 19.2. The minimum atomic E-state index is -0.326. The van der Waals surface area contributed by atoms with Gasteiger partial charge in [-0.2, -0.15) is 0 Å². The van der Waals surface area contributed by atoms with Crippen LogP contribution in [0.25, 0.3) is 0 Å². The molecular weight excluding hydrogens is 396 g/mol. The molecule has 1 aliphatic carbocycles. The van der Waals surface area contributed by atoms with Gasteiger partial charge in [-0.15, -0.1) is 11.3 Å². The fraction of sp³-hybridized carbons (Fsp3) is 0.429. The van der Waals surface area contributed by atoms with Crippen LogP contribution in [0.3, 0.4) is 0 Å². The van der Waals surface area contributed by atoms with Crippen molar-refractivity contribution in [3.8, 4) is 0 Å². The highest BCUT2D eigenvalue weighted by Gasteiger charge is 2.21. The molecule has 0 unspecified atom stereocenters. The topological polar surface area (TPSA) is 67.4 Å². The molecule has 2 aromatic rings. The van der Waals surface area contributed by atoms with E-state index in [1.807, 2.05) is 0 Å². The summed E-state index contributed by atoms with van der Waals surface area (Å²) < 4.78 is 5.40. The number of benzene rings is 1. The lowest BCUT2D eigenvalue weighted by Crippen LogP contribution is -2.28. The standard InChI is InChI=1S/C21H25ClN2O3S/c1-27-15-8-6-14(7-9-15)10-12-23-21(26)19-18(11-13-28-19)24-20(25)16-4-2-3-5-17(16)22/h2-5,11,13-15H,6-10,12H2,1H3,(H,23,26)(H,24,25). The number of hydrogen-bond donors (Lipinski definition) is 2. The van der Waals surface area contributed by atoms with Crippen LogP contribution in [-0.2, 0) is 4.74 Å². The van der Waals surface area contributed by atoms with Gasteiger partial charge in [-0.1, -0.05) is 23.7 Å². The molecule has 28 heavy (non-hydrogen) atoms. The molecule has 5 nitrogen and oxygen atoms in total. The van der Waals surface area contributed by atoms with Gasteiger partial charge in [0.1, 0.15) is 4.88 Å². The van der Waals surface area contributed by atoms with Crippen molar-refractivity contribution in [2.24, 2.45) is 5.92 Å². The lowest BCUT2D eigenvalue weighted by atomic mass is 9.85. The Balaban J connectivity index is 1.51. The molecule has 0 radical (unpaired) electrons. The van der Waals surface area contributed by atoms with Gasteiger partial charge in [0, 0.05) is 13.7 Å². The third-order valence-electron chi connectivity index (χ3n) is 5.20. The minimum absolute atomic E-state index is 0.157. The van der Waals surface area contributed by atoms with E-state index in [1.165, 1.54) is 11.3 Å². The number of ether oxygens (including phenoxy) is 1. The molecule has 0 spiro atoms. The lowest BCUT2D eigenvalue weighted by Gasteiger charge is -2.27. The molecule has 1 saturated carbocycles. The molecular formula is C21H25ClN2O3S. The van der Waals surface area contributed by atoms with Crippen molar-refractivity contribution < 1.29 is 14.3 Å². The van der Waals surface area contributed by atoms with Crippen LogP contribution in [-0.4, -0.2) is 31.6 Å². The van der Waals surface area contributed by atoms with Crippen LogP contribution in [0.1, 0.15) is 52.1 Å². The van der Waals surface area contributed by atoms with Crippen LogP contribution in [0.2, 0.25) is 5.02 Å². The van der Waals surface area contributed by atoms with Crippen molar-refractivity contribution in [1.29, 1.82) is 0 Å². The average molecular weight is 421 g/mol. The number of halogens is 1. The lowest BCUT2D eigenvalue weighted by molar-refractivity contribution is 0.0554. The maximum atomic E-state index is 12.6. The Kier molecular flexibility index (Phi) is 7.48. The fourth-order valence-corrected chi connectivity index (χ4v) is 4.53. The van der Waals surface area contributed by atoms with Gasteiger partial charge >= 0.3 is 0 Å². The quantitative estimate of drug-likeness (QED) is 0.663. The summed E-state index contributed by atoms with van der Waals surface area (Å²) in [7, 11) is 1.77. The van der Waals surface area contributed by atoms with Crippen LogP contribution >= 0.6 is 22.9 Å². The molecule has 0 atom stereocenters. The third-order valence-corrected chi connectivity index (χ3v) is 6.45. The van der Waals surface area contributed by atoms with Gasteiger partial charge in [0.25, 0.3) is 11.8 Å². The Bertz CT molecular complexity index is 815. The van der Waals surface area contributed by atoms with Gasteiger partial charge < -0.3 is 15.4 Å². The first kappa shape index (κ1) is 20.8. The molecule has 7 heteroatoms. The first-order valence-corrected chi connectivity index (χ1v) is 10.8. The molecule has 0 saturated heterocycles. The Morgan fingerprint density at radius 2 is 1.89 bits per heavy atom. The molecule has 0 aliphatic heterocycles. The van der Waals surface area contributed by atoms with E-state index >= 15 is 0 Å². The zero-order valence-corrected chi connectivity index (χ0v) is 17.4. The molecule has 1 aromatic carbocycles. The van der Waals surface area contributed by atoms with Crippen LogP contribution in [0.15, 0.2) is 35.7 Å². The van der Waals surface area contributed by atoms with Crippen LogP contribution in [0.5, 0.6) is 0 Å². The van der Waals surface area contributed by atoms with Gasteiger partial charge in [-0.25, -0.2) is 0 Å². The van der Waals surface area contributed by atoms with Crippen molar-refractivity contribution in [3.05, 3.63) is 51.2 Å². The van der Waals surface area contributed by atoms with E-state index in [-0.39, 0.29) is 11.8 Å². The highest BCUT2D eigenvalue weighted by Crippen LogP contribution is 2.28. The number of nitrogens with one attached hydrogen (secondary N) is 2. The molecule has 150 valence electrons. The van der Waals surface area contributed by atoms with E-state index in [1.54, 1.807) is 42.8 Å². The third kappa shape index (κ3) is 5.34. The monoisotopic (exact) mass is 420 g/mol. The summed E-state index contributed by atoms with van der Waals surface area (Å²) in [5, 5.41) is 7.95. The van der Waals surface area contributed by atoms with E-state index in [2.05, 4.69) is 10.6 Å². The van der Waals surface area contributed by atoms with Crippen molar-refractivity contribution >= 4 is 40.4 Å². The number of anilines is 1. The van der Waals surface area contributed by atoms with Gasteiger partial charge in [-0.05, 0) is 61.6 Å². The second kappa shape index (κ2) is 10.0. The largest absolute Gasteiger partial charge is 0.381 e. The molecule has 1 heterocycles. The number of hydrogen-bond acceptors (Lipinski definition) is 4. The van der Waals surface area contributed by atoms with Crippen molar-refractivity contribution in [3.63, 3.8) is 0 Å². The summed E-state index contributed by atoms with van der Waals surface area (Å²) in [6, 6.07) is 8.58. The Hall–Kier alpha value is -1.89. The summed E-state index contributed by atoms with van der Waals surface area (Å²) in [4.78, 5) is 25.5. The highest BCUT2D eigenvalue weighted by molar-refractivity contribution is 7.12. The highest BCUT2D eigenvalue weighted by atomic mass is 35.5. The molecule has 2 N–H and O–H groups in total. The predicted octanol–water partition coefficient (Wildman–Crippen LogP) is 4.98. The number of thiophene rings is 1. The fourth-order valence-electron chi connectivity index (χ4n) is 3.54. The Labute approximate surface area is 174 Å². The number of carbonyl (C=O) groups excluding carboxylic acids is 2. The van der Waals surface area contributed by atoms with Crippen molar-refractivity contribution in [1.82, 2.24) is 5.32 Å². The first-order valence-electron chi connectivity index (χ1n) is 9.53. The van der Waals surface area contributed by atoms with Crippen molar-refractivity contribution in [2.75, 3.05) is 19.0 Å². The van der Waals surface area contributed by atoms with E-state index in [9.17, 15) is 9.59 Å². The van der Waals surface area contributed by atoms with Gasteiger partial charge in [0.2, 0.25) is 0 Å². The van der Waals surface area contributed by atoms with Crippen LogP contribution < -0.4 is 10.6 Å². The number of carbonyl (C=O) groups is 2. The minimum Gasteiger partial charge on any atom is -0.381 e. The predicted molar refractivity (Wildman–Crippen MR) is 113 cm³/mol. The van der Waals surface area contributed by atoms with Gasteiger partial charge in [0.15, 0.2) is 0 Å². The Morgan fingerprint density at radius 3 is 2.61 bits per heavy atom. The summed E-state index contributed by atoms with van der Waals surface area (Å²) in [5.74, 6) is 0.150. The number of methoxy groups -OCH3 is 1. The smallest absolute Gasteiger partial charge is 0.263 e. The molecule has 0 bridgehead atoms. The molecule has 1 aromatic heterocycles. The number of rotatable bonds is 7. The van der Waals surface area contributed by atoms with E-state index in [0.29, 0.717) is 39.7 Å².